The van der Waals surface area contributed by atoms with Crippen molar-refractivity contribution >= 4 is 40.3 Å². The smallest absolute Gasteiger partial charge is 0.258 e. The van der Waals surface area contributed by atoms with Gasteiger partial charge in [0.15, 0.2) is 0 Å². The van der Waals surface area contributed by atoms with Gasteiger partial charge in [0.2, 0.25) is 0 Å². The van der Waals surface area contributed by atoms with Gasteiger partial charge in [-0.15, -0.1) is 0 Å². The van der Waals surface area contributed by atoms with E-state index in [1.165, 1.54) is 0 Å². The molecule has 0 aliphatic rings. The fourth-order valence-electron chi connectivity index (χ4n) is 2.14. The second-order valence-corrected chi connectivity index (χ2v) is 5.16. The lowest BCUT2D eigenvalue weighted by Gasteiger charge is -2.01. The fourth-order valence-corrected chi connectivity index (χ4v) is 2.26. The van der Waals surface area contributed by atoms with Crippen LogP contribution < -0.4 is 0 Å². The number of rotatable bonds is 3. The fraction of sp³-hybridized carbons (Fsp3) is 0. The number of aromatic nitrogens is 1. The molecule has 0 radical (unpaired) electrons. The van der Waals surface area contributed by atoms with Crippen molar-refractivity contribution < 1.29 is 4.92 Å². The molecule has 0 amide bonds. The predicted molar refractivity (Wildman–Crippen MR) is 88.8 cm³/mol. The van der Waals surface area contributed by atoms with Gasteiger partial charge in [0, 0.05) is 16.5 Å². The quantitative estimate of drug-likeness (QED) is 0.507. The van der Waals surface area contributed by atoms with Gasteiger partial charge in [-0.25, -0.2) is 4.98 Å². The molecular formula is C17H11ClN2O2. The van der Waals surface area contributed by atoms with Crippen molar-refractivity contribution in [1.29, 1.82) is 0 Å². The molecule has 4 nitrogen and oxygen atoms in total. The summed E-state index contributed by atoms with van der Waals surface area (Å²) in [4.78, 5) is 15.2. The third kappa shape index (κ3) is 2.97. The lowest BCUT2D eigenvalue weighted by Crippen LogP contribution is -1.95. The Bertz CT molecular complexity index is 873. The average molecular weight is 311 g/mol. The molecule has 2 aromatic carbocycles. The number of para-hydroxylation sites is 1. The summed E-state index contributed by atoms with van der Waals surface area (Å²) in [6.45, 7) is 0. The lowest BCUT2D eigenvalue weighted by atomic mass is 10.1. The Hall–Kier alpha value is -2.72. The van der Waals surface area contributed by atoms with E-state index in [1.807, 2.05) is 36.4 Å². The molecule has 108 valence electrons. The first-order chi connectivity index (χ1) is 10.6. The normalized spacial score (nSPS) is 11.1. The van der Waals surface area contributed by atoms with Crippen LogP contribution in [0.25, 0.3) is 23.1 Å². The Morgan fingerprint density at radius 1 is 1.05 bits per heavy atom. The summed E-state index contributed by atoms with van der Waals surface area (Å²) >= 11 is 5.84. The van der Waals surface area contributed by atoms with E-state index in [0.717, 1.165) is 16.5 Å². The van der Waals surface area contributed by atoms with Crippen LogP contribution in [0.2, 0.25) is 5.02 Å². The monoisotopic (exact) mass is 310 g/mol. The van der Waals surface area contributed by atoms with Gasteiger partial charge in [-0.1, -0.05) is 48.0 Å². The van der Waals surface area contributed by atoms with E-state index in [2.05, 4.69) is 4.98 Å². The minimum atomic E-state index is -0.416. The van der Waals surface area contributed by atoms with E-state index < -0.39 is 4.92 Å². The van der Waals surface area contributed by atoms with Crippen LogP contribution in [0.15, 0.2) is 54.6 Å². The van der Waals surface area contributed by atoms with Crippen LogP contribution in [-0.2, 0) is 0 Å². The van der Waals surface area contributed by atoms with Gasteiger partial charge in [0.05, 0.1) is 10.4 Å². The van der Waals surface area contributed by atoms with Gasteiger partial charge in [-0.05, 0) is 29.8 Å². The molecule has 0 saturated heterocycles. The summed E-state index contributed by atoms with van der Waals surface area (Å²) in [5.41, 5.74) is 1.94. The third-order valence-electron chi connectivity index (χ3n) is 3.23. The maximum atomic E-state index is 11.2. The van der Waals surface area contributed by atoms with Crippen molar-refractivity contribution in [3.63, 3.8) is 0 Å². The summed E-state index contributed by atoms with van der Waals surface area (Å²) in [7, 11) is 0. The number of halogens is 1. The largest absolute Gasteiger partial charge is 0.295 e. The highest BCUT2D eigenvalue weighted by Crippen LogP contribution is 2.24. The number of hydrogen-bond acceptors (Lipinski definition) is 3. The zero-order chi connectivity index (χ0) is 15.5. The number of benzene rings is 2. The van der Waals surface area contributed by atoms with Crippen molar-refractivity contribution in [2.45, 2.75) is 0 Å². The molecule has 1 heterocycles. The molecule has 3 aromatic rings. The molecule has 0 unspecified atom stereocenters. The molecule has 0 spiro atoms. The molecule has 22 heavy (non-hydrogen) atoms. The Morgan fingerprint density at radius 2 is 1.77 bits per heavy atom. The topological polar surface area (TPSA) is 56.0 Å². The lowest BCUT2D eigenvalue weighted by molar-refractivity contribution is -0.385. The summed E-state index contributed by atoms with van der Waals surface area (Å²) in [5, 5.41) is 12.6. The second-order valence-electron chi connectivity index (χ2n) is 4.73. The highest BCUT2D eigenvalue weighted by Gasteiger charge is 2.14. The van der Waals surface area contributed by atoms with Gasteiger partial charge in [0.1, 0.15) is 5.69 Å². The van der Waals surface area contributed by atoms with Crippen molar-refractivity contribution in [1.82, 2.24) is 4.98 Å². The maximum absolute atomic E-state index is 11.2. The van der Waals surface area contributed by atoms with Gasteiger partial charge in [0.25, 0.3) is 5.69 Å². The number of hydrogen-bond donors (Lipinski definition) is 0. The molecular weight excluding hydrogens is 300 g/mol. The van der Waals surface area contributed by atoms with E-state index in [-0.39, 0.29) is 5.69 Å². The van der Waals surface area contributed by atoms with Crippen LogP contribution in [0.4, 0.5) is 5.69 Å². The van der Waals surface area contributed by atoms with Gasteiger partial charge >= 0.3 is 0 Å². The third-order valence-corrected chi connectivity index (χ3v) is 3.48. The van der Waals surface area contributed by atoms with Crippen molar-refractivity contribution in [3.05, 3.63) is 81.0 Å². The van der Waals surface area contributed by atoms with E-state index in [0.29, 0.717) is 10.7 Å². The summed E-state index contributed by atoms with van der Waals surface area (Å²) in [5.74, 6) is 0. The zero-order valence-corrected chi connectivity index (χ0v) is 12.2. The number of pyridine rings is 1. The summed E-state index contributed by atoms with van der Waals surface area (Å²) < 4.78 is 0. The summed E-state index contributed by atoms with van der Waals surface area (Å²) in [6, 6.07) is 16.1. The first-order valence-electron chi connectivity index (χ1n) is 6.61. The Labute approximate surface area is 131 Å². The van der Waals surface area contributed by atoms with Crippen LogP contribution in [0, 0.1) is 10.1 Å². The minimum absolute atomic E-state index is 0.0103. The number of nitrogens with zero attached hydrogens (tertiary/aromatic N) is 2. The van der Waals surface area contributed by atoms with Crippen LogP contribution in [0.1, 0.15) is 11.3 Å². The molecule has 0 atom stereocenters. The second kappa shape index (κ2) is 5.95. The van der Waals surface area contributed by atoms with Crippen LogP contribution in [0.5, 0.6) is 0 Å². The first-order valence-corrected chi connectivity index (χ1v) is 6.99. The molecule has 1 aromatic heterocycles. The Morgan fingerprint density at radius 3 is 2.50 bits per heavy atom. The molecule has 0 N–H and O–H groups in total. The predicted octanol–water partition coefficient (Wildman–Crippen LogP) is 4.97. The Balaban J connectivity index is 2.06. The van der Waals surface area contributed by atoms with Crippen LogP contribution in [0.3, 0.4) is 0 Å². The molecule has 0 aliphatic carbocycles. The van der Waals surface area contributed by atoms with E-state index in [4.69, 9.17) is 11.6 Å². The Kier molecular flexibility index (Phi) is 3.85. The molecule has 5 heteroatoms. The molecule has 0 aliphatic heterocycles. The number of fused-ring (bicyclic) bond motifs is 1. The first kappa shape index (κ1) is 14.2. The van der Waals surface area contributed by atoms with Crippen molar-refractivity contribution in [2.75, 3.05) is 0 Å². The molecule has 0 bridgehead atoms. The number of nitro groups is 1. The van der Waals surface area contributed by atoms with Crippen molar-refractivity contribution in [2.24, 2.45) is 0 Å². The molecule has 3 rings (SSSR count). The average Bonchev–Trinajstić information content (AvgIpc) is 2.53. The SMILES string of the molecule is O=[N+]([O-])c1cc2ccccc2nc1/C=C/c1ccc(Cl)cc1. The molecule has 0 fully saturated rings. The van der Waals surface area contributed by atoms with E-state index in [9.17, 15) is 10.1 Å². The standard InChI is InChI=1S/C17H11ClN2O2/c18-14-8-5-12(6-9-14)7-10-16-17(20(21)22)11-13-3-1-2-4-15(13)19-16/h1-11H/b10-7+. The highest BCUT2D eigenvalue weighted by molar-refractivity contribution is 6.30. The zero-order valence-electron chi connectivity index (χ0n) is 11.4. The van der Waals surface area contributed by atoms with Gasteiger partial charge in [-0.3, -0.25) is 10.1 Å². The van der Waals surface area contributed by atoms with Crippen molar-refractivity contribution in [3.8, 4) is 0 Å². The molecule has 0 saturated carbocycles. The highest BCUT2D eigenvalue weighted by atomic mass is 35.5. The van der Waals surface area contributed by atoms with Crippen LogP contribution >= 0.6 is 11.6 Å². The van der Waals surface area contributed by atoms with Crippen LogP contribution in [-0.4, -0.2) is 9.91 Å². The summed E-state index contributed by atoms with van der Waals surface area (Å²) in [6.07, 6.45) is 3.42. The van der Waals surface area contributed by atoms with Gasteiger partial charge < -0.3 is 0 Å². The van der Waals surface area contributed by atoms with E-state index in [1.54, 1.807) is 30.4 Å². The minimum Gasteiger partial charge on any atom is -0.258 e. The van der Waals surface area contributed by atoms with Gasteiger partial charge in [-0.2, -0.15) is 0 Å². The maximum Gasteiger partial charge on any atom is 0.295 e. The van der Waals surface area contributed by atoms with E-state index >= 15 is 0 Å².